The molecule has 2 aromatic heterocycles. The number of fused-ring (bicyclic) bond motifs is 1. The maximum atomic E-state index is 12.8. The second-order valence-electron chi connectivity index (χ2n) is 5.86. The zero-order valence-corrected chi connectivity index (χ0v) is 13.8. The summed E-state index contributed by atoms with van der Waals surface area (Å²) in [7, 11) is -3.57. The molecule has 1 aromatic carbocycles. The summed E-state index contributed by atoms with van der Waals surface area (Å²) in [5, 5.41) is 0. The van der Waals surface area contributed by atoms with Gasteiger partial charge in [0.25, 0.3) is 0 Å². The molecule has 0 unspecified atom stereocenters. The quantitative estimate of drug-likeness (QED) is 0.799. The van der Waals surface area contributed by atoms with Crippen LogP contribution >= 0.6 is 0 Å². The smallest absolute Gasteiger partial charge is 0.248 e. The van der Waals surface area contributed by atoms with Crippen molar-refractivity contribution in [1.82, 2.24) is 8.96 Å². The fourth-order valence-electron chi connectivity index (χ4n) is 2.65. The topological polar surface area (TPSA) is 71.9 Å². The molecule has 0 aliphatic carbocycles. The van der Waals surface area contributed by atoms with E-state index in [1.165, 1.54) is 10.0 Å². The van der Waals surface area contributed by atoms with E-state index in [0.29, 0.717) is 11.0 Å². The maximum Gasteiger partial charge on any atom is 0.248 e. The van der Waals surface area contributed by atoms with Crippen molar-refractivity contribution < 1.29 is 8.42 Å². The minimum Gasteiger partial charge on any atom is -0.320 e. The number of pyridine rings is 1. The van der Waals surface area contributed by atoms with Crippen LogP contribution in [0, 0.1) is 0 Å². The van der Waals surface area contributed by atoms with Crippen molar-refractivity contribution >= 4 is 21.1 Å². The van der Waals surface area contributed by atoms with E-state index in [1.54, 1.807) is 24.4 Å². The van der Waals surface area contributed by atoms with Crippen molar-refractivity contribution in [3.8, 4) is 0 Å². The van der Waals surface area contributed by atoms with Gasteiger partial charge in [0.05, 0.1) is 16.8 Å². The summed E-state index contributed by atoms with van der Waals surface area (Å²) < 4.78 is 26.9. The van der Waals surface area contributed by atoms with Crippen molar-refractivity contribution in [1.29, 1.82) is 0 Å². The summed E-state index contributed by atoms with van der Waals surface area (Å²) in [6.07, 6.45) is 1.61. The number of aromatic nitrogens is 2. The molecular weight excluding hydrogens is 312 g/mol. The number of hydrogen-bond acceptors (Lipinski definition) is 3. The molecule has 3 rings (SSSR count). The van der Waals surface area contributed by atoms with Crippen LogP contribution in [0.25, 0.3) is 11.0 Å². The molecule has 0 fully saturated rings. The Labute approximate surface area is 134 Å². The molecular formula is C17H18N2O3S. The molecule has 0 radical (unpaired) electrons. The van der Waals surface area contributed by atoms with Gasteiger partial charge in [-0.3, -0.25) is 4.79 Å². The Balaban J connectivity index is 2.18. The van der Waals surface area contributed by atoms with Gasteiger partial charge < -0.3 is 4.98 Å². The second-order valence-corrected chi connectivity index (χ2v) is 7.71. The van der Waals surface area contributed by atoms with Gasteiger partial charge in [-0.15, -0.1) is 0 Å². The Morgan fingerprint density at radius 1 is 1.09 bits per heavy atom. The van der Waals surface area contributed by atoms with Crippen LogP contribution in [0.5, 0.6) is 0 Å². The van der Waals surface area contributed by atoms with Gasteiger partial charge in [-0.2, -0.15) is 0 Å². The zero-order chi connectivity index (χ0) is 16.6. The van der Waals surface area contributed by atoms with E-state index in [2.05, 4.69) is 4.98 Å². The molecule has 6 heteroatoms. The largest absolute Gasteiger partial charge is 0.320 e. The molecule has 0 amide bonds. The first-order chi connectivity index (χ1) is 10.9. The Morgan fingerprint density at radius 2 is 1.78 bits per heavy atom. The average Bonchev–Trinajstić information content (AvgIpc) is 2.87. The Hall–Kier alpha value is -2.34. The minimum atomic E-state index is -3.57. The van der Waals surface area contributed by atoms with Crippen LogP contribution in [0.3, 0.4) is 0 Å². The van der Waals surface area contributed by atoms with Crippen molar-refractivity contribution in [2.75, 3.05) is 0 Å². The lowest BCUT2D eigenvalue weighted by atomic mass is 10.1. The van der Waals surface area contributed by atoms with Gasteiger partial charge >= 0.3 is 0 Å². The lowest BCUT2D eigenvalue weighted by Crippen LogP contribution is -2.14. The number of H-pyrrole nitrogens is 1. The molecule has 0 saturated heterocycles. The summed E-state index contributed by atoms with van der Waals surface area (Å²) in [5.41, 5.74) is 2.39. The molecule has 3 aromatic rings. The Morgan fingerprint density at radius 3 is 2.43 bits per heavy atom. The normalized spacial score (nSPS) is 12.1. The first kappa shape index (κ1) is 15.6. The van der Waals surface area contributed by atoms with Crippen LogP contribution in [0.4, 0.5) is 0 Å². The third kappa shape index (κ3) is 2.94. The summed E-state index contributed by atoms with van der Waals surface area (Å²) in [6.45, 7) is 3.93. The highest BCUT2D eigenvalue weighted by Crippen LogP contribution is 2.27. The van der Waals surface area contributed by atoms with Crippen molar-refractivity contribution in [3.63, 3.8) is 0 Å². The van der Waals surface area contributed by atoms with Gasteiger partial charge in [0.2, 0.25) is 15.6 Å². The molecule has 0 bridgehead atoms. The number of hydrogen-bond donors (Lipinski definition) is 1. The molecule has 23 heavy (non-hydrogen) atoms. The van der Waals surface area contributed by atoms with E-state index in [0.717, 1.165) is 11.1 Å². The molecule has 0 spiro atoms. The van der Waals surface area contributed by atoms with E-state index in [-0.39, 0.29) is 17.2 Å². The molecule has 5 nitrogen and oxygen atoms in total. The van der Waals surface area contributed by atoms with Crippen LogP contribution in [0.2, 0.25) is 0 Å². The average molecular weight is 330 g/mol. The van der Waals surface area contributed by atoms with E-state index in [1.807, 2.05) is 32.0 Å². The number of aromatic amines is 1. The minimum absolute atomic E-state index is 0.0890. The lowest BCUT2D eigenvalue weighted by molar-refractivity contribution is 0.588. The molecule has 120 valence electrons. The van der Waals surface area contributed by atoms with E-state index in [4.69, 9.17) is 0 Å². The molecule has 1 N–H and O–H groups in total. The van der Waals surface area contributed by atoms with Crippen LogP contribution in [-0.4, -0.2) is 17.4 Å². The lowest BCUT2D eigenvalue weighted by Gasteiger charge is -2.07. The van der Waals surface area contributed by atoms with Gasteiger partial charge in [-0.25, -0.2) is 12.4 Å². The van der Waals surface area contributed by atoms with Gasteiger partial charge in [-0.1, -0.05) is 44.2 Å². The predicted molar refractivity (Wildman–Crippen MR) is 91.1 cm³/mol. The second kappa shape index (κ2) is 5.70. The third-order valence-corrected chi connectivity index (χ3v) is 5.39. The highest BCUT2D eigenvalue weighted by molar-refractivity contribution is 7.89. The van der Waals surface area contributed by atoms with Crippen LogP contribution < -0.4 is 5.56 Å². The van der Waals surface area contributed by atoms with Gasteiger partial charge in [-0.05, 0) is 23.1 Å². The first-order valence-corrected chi connectivity index (χ1v) is 9.01. The molecule has 0 aliphatic heterocycles. The standard InChI is InChI=1S/C17H18N2O3S/c1-12(2)14-10-19(15-8-9-16(20)18-17(14)15)23(21,22)11-13-6-4-3-5-7-13/h3-10,12H,11H2,1-2H3,(H,18,20). The molecule has 0 aliphatic rings. The van der Waals surface area contributed by atoms with Crippen LogP contribution in [0.1, 0.15) is 30.9 Å². The van der Waals surface area contributed by atoms with Crippen LogP contribution in [-0.2, 0) is 15.8 Å². The summed E-state index contributed by atoms with van der Waals surface area (Å²) in [4.78, 5) is 14.3. The fourth-order valence-corrected chi connectivity index (χ4v) is 4.13. The van der Waals surface area contributed by atoms with Crippen LogP contribution in [0.15, 0.2) is 53.5 Å². The third-order valence-electron chi connectivity index (χ3n) is 3.79. The van der Waals surface area contributed by atoms with E-state index < -0.39 is 10.0 Å². The van der Waals surface area contributed by atoms with Crippen molar-refractivity contribution in [3.05, 3.63) is 70.1 Å². The summed E-state index contributed by atoms with van der Waals surface area (Å²) >= 11 is 0. The summed E-state index contributed by atoms with van der Waals surface area (Å²) in [6, 6.07) is 12.0. The maximum absolute atomic E-state index is 12.8. The number of nitrogens with one attached hydrogen (secondary N) is 1. The van der Waals surface area contributed by atoms with Gasteiger partial charge in [0.1, 0.15) is 0 Å². The van der Waals surface area contributed by atoms with Gasteiger partial charge in [0.15, 0.2) is 0 Å². The molecule has 0 atom stereocenters. The highest BCUT2D eigenvalue weighted by Gasteiger charge is 2.21. The van der Waals surface area contributed by atoms with E-state index in [9.17, 15) is 13.2 Å². The van der Waals surface area contributed by atoms with Crippen molar-refractivity contribution in [2.24, 2.45) is 0 Å². The fraction of sp³-hybridized carbons (Fsp3) is 0.235. The number of nitrogens with zero attached hydrogens (tertiary/aromatic N) is 1. The monoisotopic (exact) mass is 330 g/mol. The van der Waals surface area contributed by atoms with Gasteiger partial charge in [0, 0.05) is 12.3 Å². The predicted octanol–water partition coefficient (Wildman–Crippen LogP) is 2.83. The highest BCUT2D eigenvalue weighted by atomic mass is 32.2. The first-order valence-electron chi connectivity index (χ1n) is 7.40. The SMILES string of the molecule is CC(C)c1cn(S(=O)(=O)Cc2ccccc2)c2ccc(=O)[nH]c12. The molecule has 0 saturated carbocycles. The zero-order valence-electron chi connectivity index (χ0n) is 13.0. The van der Waals surface area contributed by atoms with E-state index >= 15 is 0 Å². The van der Waals surface area contributed by atoms with Crippen molar-refractivity contribution in [2.45, 2.75) is 25.5 Å². The number of benzene rings is 1. The Kier molecular flexibility index (Phi) is 3.85. The summed E-state index contributed by atoms with van der Waals surface area (Å²) in [5.74, 6) is 0.0117. The number of rotatable bonds is 4. The molecule has 2 heterocycles. The Bertz CT molecular complexity index is 999.